The summed E-state index contributed by atoms with van der Waals surface area (Å²) in [6, 6.07) is 10.4. The van der Waals surface area contributed by atoms with Crippen LogP contribution in [0, 0.1) is 11.3 Å². The summed E-state index contributed by atoms with van der Waals surface area (Å²) in [5, 5.41) is 22.0. The van der Waals surface area contributed by atoms with E-state index in [4.69, 9.17) is 21.1 Å². The maximum absolute atomic E-state index is 14.2. The largest absolute Gasteiger partial charge is 0.488 e. The number of benzene rings is 2. The second kappa shape index (κ2) is 9.12. The first-order valence-electron chi connectivity index (χ1n) is 9.61. The molecule has 0 unspecified atom stereocenters. The number of alkyl halides is 2. The van der Waals surface area contributed by atoms with E-state index in [2.05, 4.69) is 5.32 Å². The third kappa shape index (κ3) is 5.46. The molecule has 162 valence electrons. The zero-order chi connectivity index (χ0) is 22.6. The van der Waals surface area contributed by atoms with Gasteiger partial charge in [0.2, 0.25) is 0 Å². The Kier molecular flexibility index (Phi) is 6.72. The molecular formula is C21H20BClF2N2O4. The number of halogens is 3. The first kappa shape index (κ1) is 22.9. The van der Waals surface area contributed by atoms with E-state index in [9.17, 15) is 23.9 Å². The Hall–Kier alpha value is -2.83. The molecule has 4 aliphatic rings. The first-order valence-corrected chi connectivity index (χ1v) is 9.99. The third-order valence-electron chi connectivity index (χ3n) is 4.91. The van der Waals surface area contributed by atoms with Gasteiger partial charge in [0.15, 0.2) is 5.54 Å². The summed E-state index contributed by atoms with van der Waals surface area (Å²) in [7, 11) is -0.406. The summed E-state index contributed by atoms with van der Waals surface area (Å²) < 4.78 is 39.0. The van der Waals surface area contributed by atoms with E-state index in [1.54, 1.807) is 12.1 Å². The van der Waals surface area contributed by atoms with Crippen LogP contribution < -0.4 is 20.3 Å². The summed E-state index contributed by atoms with van der Waals surface area (Å²) >= 11 is 6.34. The Balaban J connectivity index is 1.97. The van der Waals surface area contributed by atoms with Gasteiger partial charge in [-0.25, -0.2) is 0 Å². The van der Waals surface area contributed by atoms with Gasteiger partial charge in [-0.05, 0) is 61.1 Å². The van der Waals surface area contributed by atoms with Crippen molar-refractivity contribution in [3.63, 3.8) is 0 Å². The second-order valence-corrected chi connectivity index (χ2v) is 7.86. The van der Waals surface area contributed by atoms with Crippen molar-refractivity contribution in [2.45, 2.75) is 37.8 Å². The lowest BCUT2D eigenvalue weighted by molar-refractivity contribution is -0.181. The molecule has 10 heteroatoms. The number of hydrogen-bond acceptors (Lipinski definition) is 5. The van der Waals surface area contributed by atoms with Crippen LogP contribution in [-0.4, -0.2) is 36.7 Å². The number of hydrogen-bond donors (Lipinski definition) is 2. The highest BCUT2D eigenvalue weighted by Gasteiger charge is 2.32. The van der Waals surface area contributed by atoms with E-state index in [1.165, 1.54) is 31.2 Å². The van der Waals surface area contributed by atoms with Crippen molar-refractivity contribution in [1.82, 2.24) is 5.32 Å². The molecule has 1 amide bonds. The number of nitrogens with zero attached hydrogens (tertiary/aromatic N) is 1. The van der Waals surface area contributed by atoms with Gasteiger partial charge in [-0.1, -0.05) is 17.7 Å². The molecule has 4 heterocycles. The molecule has 2 N–H and O–H groups in total. The summed E-state index contributed by atoms with van der Waals surface area (Å²) in [5.41, 5.74) is -0.255. The fourth-order valence-corrected chi connectivity index (χ4v) is 3.48. The smallest absolute Gasteiger partial charge is 0.397 e. The van der Waals surface area contributed by atoms with Gasteiger partial charge in [0.05, 0.1) is 17.5 Å². The zero-order valence-electron chi connectivity index (χ0n) is 16.8. The highest BCUT2D eigenvalue weighted by molar-refractivity contribution is 6.53. The normalized spacial score (nSPS) is 21.1. The van der Waals surface area contributed by atoms with Crippen molar-refractivity contribution < 1.29 is 28.1 Å². The molecule has 0 spiro atoms. The number of carbonyl (C=O) groups is 1. The monoisotopic (exact) mass is 448 g/mol. The summed E-state index contributed by atoms with van der Waals surface area (Å²) in [4.78, 5) is 12.5. The maximum atomic E-state index is 14.2. The van der Waals surface area contributed by atoms with Gasteiger partial charge in [-0.2, -0.15) is 14.0 Å². The average molecular weight is 449 g/mol. The van der Waals surface area contributed by atoms with Crippen LogP contribution in [0.4, 0.5) is 8.78 Å². The van der Waals surface area contributed by atoms with Gasteiger partial charge < -0.3 is 19.8 Å². The molecular weight excluding hydrogens is 429 g/mol. The van der Waals surface area contributed by atoms with Gasteiger partial charge >= 0.3 is 13.6 Å². The molecule has 6 nitrogen and oxygen atoms in total. The van der Waals surface area contributed by atoms with Crippen LogP contribution in [-0.2, 0) is 6.42 Å². The summed E-state index contributed by atoms with van der Waals surface area (Å²) in [6.45, 7) is 1.28. The third-order valence-corrected chi connectivity index (χ3v) is 5.33. The van der Waals surface area contributed by atoms with Crippen LogP contribution in [0.3, 0.4) is 0 Å². The first-order chi connectivity index (χ1) is 14.7. The molecule has 6 rings (SSSR count). The second-order valence-electron chi connectivity index (χ2n) is 7.48. The topological polar surface area (TPSA) is 91.6 Å². The van der Waals surface area contributed by atoms with Gasteiger partial charge in [-0.15, -0.1) is 0 Å². The van der Waals surface area contributed by atoms with Crippen LogP contribution in [0.5, 0.6) is 11.5 Å². The minimum atomic E-state index is -3.42. The Morgan fingerprint density at radius 2 is 1.97 bits per heavy atom. The lowest BCUT2D eigenvalue weighted by Gasteiger charge is -2.25. The van der Waals surface area contributed by atoms with Crippen LogP contribution in [0.25, 0.3) is 0 Å². The fraction of sp³-hybridized carbons (Fsp3) is 0.333. The molecule has 0 saturated heterocycles. The van der Waals surface area contributed by atoms with Crippen molar-refractivity contribution in [2.75, 3.05) is 6.61 Å². The molecule has 2 aromatic carbocycles. The molecule has 0 saturated carbocycles. The van der Waals surface area contributed by atoms with E-state index >= 15 is 0 Å². The SMILES string of the molecule is C[C@]1(C#N)COc2ccc(c(BO)c2Cl)CCCC(F)(F)Oc2ccc(cc2)C(=O)N1. The Labute approximate surface area is 184 Å². The van der Waals surface area contributed by atoms with Crippen molar-refractivity contribution in [2.24, 2.45) is 0 Å². The molecule has 31 heavy (non-hydrogen) atoms. The van der Waals surface area contributed by atoms with E-state index in [-0.39, 0.29) is 41.5 Å². The molecule has 2 aromatic rings. The number of nitriles is 1. The Morgan fingerprint density at radius 1 is 1.26 bits per heavy atom. The van der Waals surface area contributed by atoms with Crippen LogP contribution in [0.1, 0.15) is 35.7 Å². The zero-order valence-corrected chi connectivity index (χ0v) is 17.5. The highest BCUT2D eigenvalue weighted by atomic mass is 35.5. The molecule has 0 aromatic heterocycles. The molecule has 1 atom stereocenters. The molecule has 4 bridgehead atoms. The predicted octanol–water partition coefficient (Wildman–Crippen LogP) is 2.71. The van der Waals surface area contributed by atoms with Gasteiger partial charge in [-0.3, -0.25) is 4.79 Å². The molecule has 0 fully saturated rings. The summed E-state index contributed by atoms with van der Waals surface area (Å²) in [6.07, 6.45) is -3.62. The van der Waals surface area contributed by atoms with Crippen LogP contribution in [0.2, 0.25) is 5.02 Å². The number of aryl methyl sites for hydroxylation is 1. The standard InChI is InChI=1S/C21H20BClF2N2O4/c1-20(11-26)12-30-16-9-6-13(17(22-29)18(16)23)3-2-10-21(24,25)31-15-7-4-14(5-8-15)19(28)27-20/h4-9,22,29H,2-3,10,12H2,1H3,(H,27,28)/t20-/m0/s1. The minimum absolute atomic E-state index is 0.0857. The average Bonchev–Trinajstić information content (AvgIpc) is 2.72. The molecule has 0 aliphatic carbocycles. The minimum Gasteiger partial charge on any atom is -0.488 e. The highest BCUT2D eigenvalue weighted by Crippen LogP contribution is 2.29. The predicted molar refractivity (Wildman–Crippen MR) is 112 cm³/mol. The van der Waals surface area contributed by atoms with Gasteiger partial charge in [0.25, 0.3) is 5.91 Å². The number of ether oxygens (including phenoxy) is 2. The number of nitrogens with one attached hydrogen (secondary N) is 1. The van der Waals surface area contributed by atoms with Gasteiger partial charge in [0.1, 0.15) is 18.1 Å². The fourth-order valence-electron chi connectivity index (χ4n) is 3.18. The van der Waals surface area contributed by atoms with Crippen molar-refractivity contribution in [1.29, 1.82) is 5.26 Å². The summed E-state index contributed by atoms with van der Waals surface area (Å²) in [5.74, 6) is -0.452. The van der Waals surface area contributed by atoms with E-state index in [0.717, 1.165) is 0 Å². The Morgan fingerprint density at radius 3 is 2.61 bits per heavy atom. The van der Waals surface area contributed by atoms with Gasteiger partial charge in [0, 0.05) is 5.56 Å². The molecule has 4 aliphatic heterocycles. The van der Waals surface area contributed by atoms with Crippen LogP contribution in [0.15, 0.2) is 36.4 Å². The van der Waals surface area contributed by atoms with E-state index in [0.29, 0.717) is 11.0 Å². The van der Waals surface area contributed by atoms with Crippen molar-refractivity contribution >= 4 is 30.5 Å². The van der Waals surface area contributed by atoms with Crippen molar-refractivity contribution in [3.05, 3.63) is 52.5 Å². The number of carbonyl (C=O) groups excluding carboxylic acids is 1. The van der Waals surface area contributed by atoms with Crippen LogP contribution >= 0.6 is 11.6 Å². The molecule has 0 radical (unpaired) electrons. The van der Waals surface area contributed by atoms with Crippen molar-refractivity contribution in [3.8, 4) is 17.6 Å². The van der Waals surface area contributed by atoms with E-state index in [1.807, 2.05) is 6.07 Å². The lowest BCUT2D eigenvalue weighted by Crippen LogP contribution is -2.49. The lowest BCUT2D eigenvalue weighted by atomic mass is 9.82. The van der Waals surface area contributed by atoms with E-state index < -0.39 is 31.5 Å². The number of rotatable bonds is 1. The quantitative estimate of drug-likeness (QED) is 0.655. The maximum Gasteiger partial charge on any atom is 0.397 e. The Bertz CT molecular complexity index is 1010. The number of amides is 1.